The Morgan fingerprint density at radius 2 is 1.55 bits per heavy atom. The Morgan fingerprint density at radius 1 is 0.903 bits per heavy atom. The minimum Gasteiger partial charge on any atom is -0.497 e. The van der Waals surface area contributed by atoms with Crippen molar-refractivity contribution in [1.82, 2.24) is 0 Å². The Morgan fingerprint density at radius 3 is 2.13 bits per heavy atom. The van der Waals surface area contributed by atoms with Crippen LogP contribution < -0.4 is 9.64 Å². The van der Waals surface area contributed by atoms with Crippen molar-refractivity contribution in [3.05, 3.63) is 90.0 Å². The van der Waals surface area contributed by atoms with Gasteiger partial charge in [-0.05, 0) is 52.9 Å². The van der Waals surface area contributed by atoms with Crippen molar-refractivity contribution in [1.29, 1.82) is 0 Å². The van der Waals surface area contributed by atoms with E-state index >= 15 is 0 Å². The Hall–Kier alpha value is -2.72. The lowest BCUT2D eigenvalue weighted by Crippen LogP contribution is -2.56. The summed E-state index contributed by atoms with van der Waals surface area (Å²) in [7, 11) is 1.65. The van der Waals surface area contributed by atoms with Crippen LogP contribution in [0.5, 0.6) is 5.75 Å². The van der Waals surface area contributed by atoms with E-state index in [0.29, 0.717) is 0 Å². The van der Waals surface area contributed by atoms with E-state index in [9.17, 15) is 4.79 Å². The number of nitrogens with zero attached hydrogens (tertiary/aromatic N) is 1. The van der Waals surface area contributed by atoms with Gasteiger partial charge in [-0.1, -0.05) is 63.2 Å². The van der Waals surface area contributed by atoms with Crippen molar-refractivity contribution >= 4 is 23.4 Å². The summed E-state index contributed by atoms with van der Waals surface area (Å²) in [6.45, 7) is 6.67. The summed E-state index contributed by atoms with van der Waals surface area (Å²) in [6.07, 6.45) is 0. The highest BCUT2D eigenvalue weighted by atomic mass is 32.2. The third-order valence-corrected chi connectivity index (χ3v) is 6.99. The van der Waals surface area contributed by atoms with Gasteiger partial charge >= 0.3 is 0 Å². The zero-order valence-corrected chi connectivity index (χ0v) is 19.4. The summed E-state index contributed by atoms with van der Waals surface area (Å²) in [6, 6.07) is 26.8. The molecule has 0 saturated carbocycles. The fraction of sp³-hybridized carbons (Fsp3) is 0.296. The lowest BCUT2D eigenvalue weighted by atomic mass is 9.83. The lowest BCUT2D eigenvalue weighted by Gasteiger charge is -2.47. The van der Waals surface area contributed by atoms with Crippen LogP contribution in [0.1, 0.15) is 37.9 Å². The van der Waals surface area contributed by atoms with Gasteiger partial charge < -0.3 is 9.64 Å². The number of carbonyl (C=O) groups is 1. The molecule has 3 aromatic carbocycles. The highest BCUT2D eigenvalue weighted by molar-refractivity contribution is 7.99. The number of benzene rings is 3. The van der Waals surface area contributed by atoms with Crippen LogP contribution in [0.2, 0.25) is 0 Å². The third-order valence-electron chi connectivity index (χ3n) is 5.86. The molecule has 0 N–H and O–H groups in total. The number of hydrogen-bond acceptors (Lipinski definition) is 3. The Kier molecular flexibility index (Phi) is 6.10. The smallest absolute Gasteiger partial charge is 0.233 e. The van der Waals surface area contributed by atoms with Crippen LogP contribution in [-0.2, 0) is 10.2 Å². The highest BCUT2D eigenvalue weighted by Gasteiger charge is 2.48. The quantitative estimate of drug-likeness (QED) is 0.330. The molecule has 4 heteroatoms. The van der Waals surface area contributed by atoms with Crippen molar-refractivity contribution in [2.75, 3.05) is 17.8 Å². The average molecular weight is 432 g/mol. The molecular weight excluding hydrogens is 402 g/mol. The molecule has 0 spiro atoms. The van der Waals surface area contributed by atoms with E-state index in [1.165, 1.54) is 16.0 Å². The van der Waals surface area contributed by atoms with Gasteiger partial charge in [0.25, 0.3) is 0 Å². The maximum absolute atomic E-state index is 13.2. The van der Waals surface area contributed by atoms with Crippen LogP contribution >= 0.6 is 11.8 Å². The maximum Gasteiger partial charge on any atom is 0.233 e. The summed E-state index contributed by atoms with van der Waals surface area (Å²) in [5.74, 6) is 1.69. The Bertz CT molecular complexity index is 1020. The molecule has 4 rings (SSSR count). The second-order valence-corrected chi connectivity index (χ2v) is 10.0. The first-order valence-corrected chi connectivity index (χ1v) is 11.6. The van der Waals surface area contributed by atoms with Gasteiger partial charge in [-0.25, -0.2) is 0 Å². The van der Waals surface area contributed by atoms with Crippen molar-refractivity contribution in [3.63, 3.8) is 0 Å². The fourth-order valence-corrected chi connectivity index (χ4v) is 5.04. The Labute approximate surface area is 189 Å². The van der Waals surface area contributed by atoms with Crippen LogP contribution in [0.3, 0.4) is 0 Å². The normalized spacial score (nSPS) is 18.6. The van der Waals surface area contributed by atoms with Crippen molar-refractivity contribution in [2.45, 2.75) is 37.1 Å². The first-order chi connectivity index (χ1) is 14.9. The fourth-order valence-electron chi connectivity index (χ4n) is 4.01. The molecule has 1 amide bonds. The zero-order chi connectivity index (χ0) is 22.0. The molecule has 1 fully saturated rings. The molecule has 1 saturated heterocycles. The van der Waals surface area contributed by atoms with E-state index < -0.39 is 0 Å². The number of anilines is 1. The van der Waals surface area contributed by atoms with E-state index in [0.717, 1.165) is 17.2 Å². The van der Waals surface area contributed by atoms with Crippen LogP contribution in [-0.4, -0.2) is 18.8 Å². The molecule has 0 aromatic heterocycles. The van der Waals surface area contributed by atoms with Gasteiger partial charge in [0, 0.05) is 16.3 Å². The summed E-state index contributed by atoms with van der Waals surface area (Å²) in [5, 5.41) is 0. The third kappa shape index (κ3) is 4.49. The lowest BCUT2D eigenvalue weighted by molar-refractivity contribution is -0.129. The van der Waals surface area contributed by atoms with Gasteiger partial charge in [-0.15, -0.1) is 11.8 Å². The first kappa shape index (κ1) is 21.5. The number of ether oxygens (including phenoxy) is 1. The molecule has 1 heterocycles. The molecule has 0 aliphatic carbocycles. The molecule has 160 valence electrons. The predicted octanol–water partition coefficient (Wildman–Crippen LogP) is 6.49. The molecule has 1 aliphatic rings. The van der Waals surface area contributed by atoms with E-state index in [4.69, 9.17) is 4.74 Å². The summed E-state index contributed by atoms with van der Waals surface area (Å²) in [4.78, 5) is 16.3. The van der Waals surface area contributed by atoms with Crippen molar-refractivity contribution in [2.24, 2.45) is 5.92 Å². The van der Waals surface area contributed by atoms with Gasteiger partial charge in [0.1, 0.15) is 5.75 Å². The first-order valence-electron chi connectivity index (χ1n) is 10.6. The second-order valence-electron chi connectivity index (χ2n) is 8.95. The predicted molar refractivity (Wildman–Crippen MR) is 129 cm³/mol. The number of hydrogen-bond donors (Lipinski definition) is 0. The number of β-lactam (4-membered cyclic amide) rings is 1. The zero-order valence-electron chi connectivity index (χ0n) is 18.5. The summed E-state index contributed by atoms with van der Waals surface area (Å²) in [5.41, 5.74) is 3.55. The van der Waals surface area contributed by atoms with Gasteiger partial charge in [0.15, 0.2) is 0 Å². The molecule has 3 aromatic rings. The second kappa shape index (κ2) is 8.80. The van der Waals surface area contributed by atoms with Crippen LogP contribution in [0.25, 0.3) is 0 Å². The molecule has 0 unspecified atom stereocenters. The van der Waals surface area contributed by atoms with Gasteiger partial charge in [0.2, 0.25) is 5.91 Å². The molecule has 3 nitrogen and oxygen atoms in total. The SMILES string of the molecule is COc1ccc(N2C(=O)[C@@H](CSc3ccc(C(C)(C)C)cc3)[C@H]2c2ccccc2)cc1. The van der Waals surface area contributed by atoms with E-state index in [2.05, 4.69) is 57.2 Å². The standard InChI is InChI=1S/C27H29NO2S/c1-27(2,3)20-10-16-23(17-11-20)31-18-24-25(19-8-6-5-7-9-19)28(26(24)29)21-12-14-22(30-4)15-13-21/h5-17,24-25H,18H2,1-4H3/t24-,25+/m0/s1. The van der Waals surface area contributed by atoms with Gasteiger partial charge in [-0.3, -0.25) is 4.79 Å². The van der Waals surface area contributed by atoms with Crippen LogP contribution in [0, 0.1) is 5.92 Å². The minimum absolute atomic E-state index is 0.0446. The molecule has 0 bridgehead atoms. The molecular formula is C27H29NO2S. The van der Waals surface area contributed by atoms with Crippen molar-refractivity contribution in [3.8, 4) is 5.75 Å². The number of carbonyl (C=O) groups excluding carboxylic acids is 1. The van der Waals surface area contributed by atoms with Crippen LogP contribution in [0.4, 0.5) is 5.69 Å². The highest BCUT2D eigenvalue weighted by Crippen LogP contribution is 2.45. The topological polar surface area (TPSA) is 29.5 Å². The number of thioether (sulfide) groups is 1. The Balaban J connectivity index is 1.53. The number of methoxy groups -OCH3 is 1. The summed E-state index contributed by atoms with van der Waals surface area (Å²) < 4.78 is 5.27. The molecule has 1 aliphatic heterocycles. The number of amides is 1. The van der Waals surface area contributed by atoms with Gasteiger partial charge in [0.05, 0.1) is 19.1 Å². The number of rotatable bonds is 6. The van der Waals surface area contributed by atoms with Crippen molar-refractivity contribution < 1.29 is 9.53 Å². The van der Waals surface area contributed by atoms with E-state index in [1.54, 1.807) is 18.9 Å². The largest absolute Gasteiger partial charge is 0.497 e. The molecule has 0 radical (unpaired) electrons. The van der Waals surface area contributed by atoms with E-state index in [-0.39, 0.29) is 23.3 Å². The molecule has 31 heavy (non-hydrogen) atoms. The van der Waals surface area contributed by atoms with E-state index in [1.807, 2.05) is 47.4 Å². The molecule has 2 atom stereocenters. The summed E-state index contributed by atoms with van der Waals surface area (Å²) >= 11 is 1.76. The van der Waals surface area contributed by atoms with Gasteiger partial charge in [-0.2, -0.15) is 0 Å². The minimum atomic E-state index is -0.0446. The average Bonchev–Trinajstić information content (AvgIpc) is 2.78. The maximum atomic E-state index is 13.2. The monoisotopic (exact) mass is 431 g/mol. The van der Waals surface area contributed by atoms with Crippen LogP contribution in [0.15, 0.2) is 83.8 Å².